The second-order valence-electron chi connectivity index (χ2n) is 5.23. The lowest BCUT2D eigenvalue weighted by atomic mass is 10.0. The summed E-state index contributed by atoms with van der Waals surface area (Å²) in [7, 11) is 0. The second kappa shape index (κ2) is 4.85. The number of likely N-dealkylation sites (tertiary alicyclic amines) is 1. The first kappa shape index (κ1) is 13.0. The summed E-state index contributed by atoms with van der Waals surface area (Å²) < 4.78 is 5.26. The SMILES string of the molecule is CCC(=O)C1CCN(C(=O)OC(C)(C)C)C1. The Balaban J connectivity index is 2.47. The summed E-state index contributed by atoms with van der Waals surface area (Å²) in [5.74, 6) is 0.253. The predicted molar refractivity (Wildman–Crippen MR) is 61.2 cm³/mol. The van der Waals surface area contributed by atoms with Gasteiger partial charge in [0.05, 0.1) is 0 Å². The molecule has 0 aromatic carbocycles. The molecule has 4 nitrogen and oxygen atoms in total. The zero-order valence-corrected chi connectivity index (χ0v) is 10.6. The Morgan fingerprint density at radius 1 is 1.38 bits per heavy atom. The maximum absolute atomic E-state index is 11.7. The first-order valence-corrected chi connectivity index (χ1v) is 5.84. The van der Waals surface area contributed by atoms with E-state index >= 15 is 0 Å². The first-order chi connectivity index (χ1) is 7.33. The van der Waals surface area contributed by atoms with Crippen LogP contribution >= 0.6 is 0 Å². The molecule has 0 radical (unpaired) electrons. The Kier molecular flexibility index (Phi) is 3.94. The van der Waals surface area contributed by atoms with Crippen LogP contribution in [0.1, 0.15) is 40.5 Å². The van der Waals surface area contributed by atoms with Gasteiger partial charge in [0.2, 0.25) is 0 Å². The first-order valence-electron chi connectivity index (χ1n) is 5.84. The van der Waals surface area contributed by atoms with Crippen LogP contribution in [0.25, 0.3) is 0 Å². The van der Waals surface area contributed by atoms with Crippen molar-refractivity contribution in [3.63, 3.8) is 0 Å². The molecule has 0 bridgehead atoms. The predicted octanol–water partition coefficient (Wildman–Crippen LogP) is 2.22. The van der Waals surface area contributed by atoms with E-state index in [1.54, 1.807) is 4.90 Å². The van der Waals surface area contributed by atoms with E-state index in [-0.39, 0.29) is 17.8 Å². The zero-order valence-electron chi connectivity index (χ0n) is 10.6. The molecule has 1 aliphatic heterocycles. The van der Waals surface area contributed by atoms with Gasteiger partial charge in [-0.05, 0) is 27.2 Å². The van der Waals surface area contributed by atoms with Gasteiger partial charge >= 0.3 is 6.09 Å². The largest absolute Gasteiger partial charge is 0.444 e. The highest BCUT2D eigenvalue weighted by atomic mass is 16.6. The van der Waals surface area contributed by atoms with Crippen LogP contribution in [0.5, 0.6) is 0 Å². The molecule has 1 heterocycles. The molecule has 0 aliphatic carbocycles. The summed E-state index contributed by atoms with van der Waals surface area (Å²) in [6.45, 7) is 8.53. The highest BCUT2D eigenvalue weighted by molar-refractivity contribution is 5.82. The minimum absolute atomic E-state index is 0.0116. The third-order valence-corrected chi connectivity index (χ3v) is 2.64. The molecule has 92 valence electrons. The minimum atomic E-state index is -0.468. The molecule has 1 unspecified atom stereocenters. The number of ether oxygens (including phenoxy) is 1. The minimum Gasteiger partial charge on any atom is -0.444 e. The molecule has 1 amide bonds. The Morgan fingerprint density at radius 3 is 2.50 bits per heavy atom. The van der Waals surface area contributed by atoms with E-state index in [9.17, 15) is 9.59 Å². The molecule has 1 fully saturated rings. The quantitative estimate of drug-likeness (QED) is 0.726. The van der Waals surface area contributed by atoms with Gasteiger partial charge in [-0.2, -0.15) is 0 Å². The van der Waals surface area contributed by atoms with Crippen LogP contribution in [0, 0.1) is 5.92 Å². The molecule has 1 atom stereocenters. The van der Waals surface area contributed by atoms with Gasteiger partial charge in [0.1, 0.15) is 11.4 Å². The Morgan fingerprint density at radius 2 is 2.00 bits per heavy atom. The van der Waals surface area contributed by atoms with Crippen molar-refractivity contribution in [2.75, 3.05) is 13.1 Å². The lowest BCUT2D eigenvalue weighted by molar-refractivity contribution is -0.122. The van der Waals surface area contributed by atoms with E-state index in [1.165, 1.54) is 0 Å². The number of Topliss-reactive ketones (excluding diaryl/α,β-unsaturated/α-hetero) is 1. The average molecular weight is 227 g/mol. The van der Waals surface area contributed by atoms with E-state index < -0.39 is 5.60 Å². The molecule has 0 aromatic heterocycles. The van der Waals surface area contributed by atoms with Crippen molar-refractivity contribution >= 4 is 11.9 Å². The van der Waals surface area contributed by atoms with Crippen LogP contribution in [0.4, 0.5) is 4.79 Å². The van der Waals surface area contributed by atoms with Gasteiger partial charge < -0.3 is 9.64 Å². The topological polar surface area (TPSA) is 46.6 Å². The van der Waals surface area contributed by atoms with Gasteiger partial charge in [-0.3, -0.25) is 4.79 Å². The van der Waals surface area contributed by atoms with Crippen molar-refractivity contribution < 1.29 is 14.3 Å². The number of amides is 1. The fourth-order valence-corrected chi connectivity index (χ4v) is 1.80. The molecular formula is C12H21NO3. The maximum atomic E-state index is 11.7. The summed E-state index contributed by atoms with van der Waals surface area (Å²) in [5.41, 5.74) is -0.468. The fourth-order valence-electron chi connectivity index (χ4n) is 1.80. The number of rotatable bonds is 2. The van der Waals surface area contributed by atoms with Crippen LogP contribution in [0.2, 0.25) is 0 Å². The van der Waals surface area contributed by atoms with Crippen LogP contribution in [0.15, 0.2) is 0 Å². The number of hydrogen-bond acceptors (Lipinski definition) is 3. The molecule has 0 N–H and O–H groups in total. The molecule has 1 saturated heterocycles. The second-order valence-corrected chi connectivity index (χ2v) is 5.23. The third kappa shape index (κ3) is 3.51. The average Bonchev–Trinajstić information content (AvgIpc) is 2.62. The van der Waals surface area contributed by atoms with E-state index in [4.69, 9.17) is 4.74 Å². The molecule has 4 heteroatoms. The smallest absolute Gasteiger partial charge is 0.410 e. The number of hydrogen-bond donors (Lipinski definition) is 0. The highest BCUT2D eigenvalue weighted by Gasteiger charge is 2.32. The monoisotopic (exact) mass is 227 g/mol. The van der Waals surface area contributed by atoms with E-state index in [0.29, 0.717) is 19.5 Å². The van der Waals surface area contributed by atoms with Crippen molar-refractivity contribution in [1.29, 1.82) is 0 Å². The zero-order chi connectivity index (χ0) is 12.3. The summed E-state index contributed by atoms with van der Waals surface area (Å²) >= 11 is 0. The van der Waals surface area contributed by atoms with Crippen LogP contribution in [-0.2, 0) is 9.53 Å². The third-order valence-electron chi connectivity index (χ3n) is 2.64. The highest BCUT2D eigenvalue weighted by Crippen LogP contribution is 2.20. The van der Waals surface area contributed by atoms with Gasteiger partial charge in [0.25, 0.3) is 0 Å². The van der Waals surface area contributed by atoms with Crippen LogP contribution < -0.4 is 0 Å². The Labute approximate surface area is 96.9 Å². The number of ketones is 1. The van der Waals surface area contributed by atoms with E-state index in [0.717, 1.165) is 6.42 Å². The fraction of sp³-hybridized carbons (Fsp3) is 0.833. The van der Waals surface area contributed by atoms with Crippen molar-refractivity contribution in [2.24, 2.45) is 5.92 Å². The van der Waals surface area contributed by atoms with Crippen LogP contribution in [0.3, 0.4) is 0 Å². The Bertz CT molecular complexity index is 280. The Hall–Kier alpha value is -1.06. The van der Waals surface area contributed by atoms with Crippen LogP contribution in [-0.4, -0.2) is 35.5 Å². The maximum Gasteiger partial charge on any atom is 0.410 e. The van der Waals surface area contributed by atoms with Gasteiger partial charge in [0.15, 0.2) is 0 Å². The summed E-state index contributed by atoms with van der Waals surface area (Å²) in [5, 5.41) is 0. The van der Waals surface area contributed by atoms with Gasteiger partial charge in [-0.25, -0.2) is 4.79 Å². The molecule has 1 aliphatic rings. The van der Waals surface area contributed by atoms with Gasteiger partial charge in [0, 0.05) is 25.4 Å². The van der Waals surface area contributed by atoms with Gasteiger partial charge in [-0.1, -0.05) is 6.92 Å². The lowest BCUT2D eigenvalue weighted by Gasteiger charge is -2.24. The normalized spacial score (nSPS) is 21.0. The van der Waals surface area contributed by atoms with E-state index in [1.807, 2.05) is 27.7 Å². The number of nitrogens with zero attached hydrogens (tertiary/aromatic N) is 1. The number of carbonyl (C=O) groups is 2. The van der Waals surface area contributed by atoms with Crippen molar-refractivity contribution in [2.45, 2.75) is 46.1 Å². The summed E-state index contributed by atoms with van der Waals surface area (Å²) in [4.78, 5) is 24.8. The molecule has 1 rings (SSSR count). The van der Waals surface area contributed by atoms with Crippen molar-refractivity contribution in [3.05, 3.63) is 0 Å². The summed E-state index contributed by atoms with van der Waals surface area (Å²) in [6, 6.07) is 0. The van der Waals surface area contributed by atoms with Crippen molar-refractivity contribution in [1.82, 2.24) is 4.90 Å². The van der Waals surface area contributed by atoms with Crippen molar-refractivity contribution in [3.8, 4) is 0 Å². The molecule has 16 heavy (non-hydrogen) atoms. The number of carbonyl (C=O) groups excluding carboxylic acids is 2. The van der Waals surface area contributed by atoms with Gasteiger partial charge in [-0.15, -0.1) is 0 Å². The standard InChI is InChI=1S/C12H21NO3/c1-5-10(14)9-6-7-13(8-9)11(15)16-12(2,3)4/h9H,5-8H2,1-4H3. The molecular weight excluding hydrogens is 206 g/mol. The summed E-state index contributed by atoms with van der Waals surface area (Å²) in [6.07, 6.45) is 1.01. The molecule has 0 spiro atoms. The molecule has 0 aromatic rings. The van der Waals surface area contributed by atoms with E-state index in [2.05, 4.69) is 0 Å². The molecule has 0 saturated carbocycles. The lowest BCUT2D eigenvalue weighted by Crippen LogP contribution is -2.35.